The van der Waals surface area contributed by atoms with Crippen LogP contribution in [0.1, 0.15) is 107 Å². The maximum Gasteiger partial charge on any atom is 0.459 e. The Morgan fingerprint density at radius 2 is 1.60 bits per heavy atom. The van der Waals surface area contributed by atoms with Crippen molar-refractivity contribution < 1.29 is 45.3 Å². The van der Waals surface area contributed by atoms with Crippen molar-refractivity contribution in [1.82, 2.24) is 4.90 Å². The summed E-state index contributed by atoms with van der Waals surface area (Å²) in [6.45, 7) is 3.57. The van der Waals surface area contributed by atoms with Crippen LogP contribution < -0.4 is 0 Å². The van der Waals surface area contributed by atoms with E-state index in [1.54, 1.807) is 6.07 Å². The summed E-state index contributed by atoms with van der Waals surface area (Å²) in [6.07, 6.45) is -1.60. The molecule has 0 aliphatic heterocycles. The van der Waals surface area contributed by atoms with Crippen LogP contribution in [0.3, 0.4) is 0 Å². The van der Waals surface area contributed by atoms with Gasteiger partial charge in [-0.2, -0.15) is 30.7 Å². The molecule has 0 heterocycles. The molecular formula is C34H49F8NO2. The Bertz CT molecular complexity index is 1110. The number of aliphatic hydroxyl groups is 1. The number of benzene rings is 1. The van der Waals surface area contributed by atoms with Gasteiger partial charge in [0.2, 0.25) is 0 Å². The zero-order valence-electron chi connectivity index (χ0n) is 26.4. The molecular weight excluding hydrogens is 606 g/mol. The third kappa shape index (κ3) is 7.92. The van der Waals surface area contributed by atoms with Gasteiger partial charge in [0.1, 0.15) is 11.9 Å². The van der Waals surface area contributed by atoms with Crippen LogP contribution in [0.5, 0.6) is 5.75 Å². The van der Waals surface area contributed by atoms with Crippen LogP contribution in [0, 0.1) is 23.2 Å². The van der Waals surface area contributed by atoms with E-state index in [1.807, 2.05) is 19.2 Å². The molecule has 0 amide bonds. The Morgan fingerprint density at radius 1 is 0.933 bits per heavy atom. The Kier molecular flexibility index (Phi) is 11.5. The minimum Gasteiger partial charge on any atom is -0.508 e. The van der Waals surface area contributed by atoms with E-state index in [4.69, 9.17) is 0 Å². The second-order valence-electron chi connectivity index (χ2n) is 14.3. The maximum absolute atomic E-state index is 15.5. The lowest BCUT2D eigenvalue weighted by molar-refractivity contribution is -0.355. The van der Waals surface area contributed by atoms with Crippen molar-refractivity contribution in [2.24, 2.45) is 23.2 Å². The fourth-order valence-electron chi connectivity index (χ4n) is 8.74. The number of rotatable bonds is 15. The van der Waals surface area contributed by atoms with Crippen LogP contribution >= 0.6 is 0 Å². The van der Waals surface area contributed by atoms with Gasteiger partial charge in [0.05, 0.1) is 6.10 Å². The first-order chi connectivity index (χ1) is 21.0. The minimum atomic E-state index is -6.28. The molecule has 0 aromatic heterocycles. The van der Waals surface area contributed by atoms with Crippen molar-refractivity contribution in [3.05, 3.63) is 29.3 Å². The van der Waals surface area contributed by atoms with Gasteiger partial charge in [-0.15, -0.1) is 0 Å². The highest BCUT2D eigenvalue weighted by Crippen LogP contribution is 2.63. The minimum absolute atomic E-state index is 0.130. The molecule has 4 rings (SSSR count). The lowest BCUT2D eigenvalue weighted by atomic mass is 9.52. The number of unbranched alkanes of at least 4 members (excludes halogenated alkanes) is 4. The van der Waals surface area contributed by atoms with Gasteiger partial charge < -0.3 is 15.1 Å². The van der Waals surface area contributed by atoms with Gasteiger partial charge >= 0.3 is 18.0 Å². The molecule has 0 radical (unpaired) electrons. The van der Waals surface area contributed by atoms with Crippen LogP contribution in [-0.2, 0) is 6.42 Å². The number of aliphatic hydroxyl groups excluding tert-OH is 1. The average Bonchev–Trinajstić information content (AvgIpc) is 3.25. The average molecular weight is 656 g/mol. The van der Waals surface area contributed by atoms with Crippen LogP contribution in [0.15, 0.2) is 18.2 Å². The molecule has 2 N–H and O–H groups in total. The van der Waals surface area contributed by atoms with Gasteiger partial charge in [-0.25, -0.2) is 4.39 Å². The summed E-state index contributed by atoms with van der Waals surface area (Å²) in [5.41, 5.74) is 2.26. The fourth-order valence-corrected chi connectivity index (χ4v) is 8.74. The summed E-state index contributed by atoms with van der Waals surface area (Å²) in [5.74, 6) is -9.80. The molecule has 1 aromatic rings. The third-order valence-corrected chi connectivity index (χ3v) is 11.3. The highest BCUT2D eigenvalue weighted by Gasteiger charge is 2.72. The van der Waals surface area contributed by atoms with Gasteiger partial charge in [0, 0.05) is 6.42 Å². The molecule has 7 atom stereocenters. The van der Waals surface area contributed by atoms with Gasteiger partial charge in [-0.3, -0.25) is 0 Å². The fraction of sp³-hybridized carbons (Fsp3) is 0.824. The standard InChI is InChI=1S/C34H49F8NO2/c1-31-16-14-27-26-11-10-25(44)21-22(26)19-23(30(27)28(31)12-13-29(31)45)20-24(35)9-8-18-43(2)17-7-5-3-4-6-15-32(36,37)33(38,39)34(40,41)42/h10-11,21,23-24,27-30,44-45H,3-9,12-20H2,1-2H3/t23-,24?,27+,28-,29-,30+,31-/m0/s1. The molecule has 0 bridgehead atoms. The van der Waals surface area contributed by atoms with Crippen LogP contribution in [-0.4, -0.2) is 65.5 Å². The van der Waals surface area contributed by atoms with E-state index in [0.717, 1.165) is 37.7 Å². The Morgan fingerprint density at radius 3 is 2.31 bits per heavy atom. The second-order valence-corrected chi connectivity index (χ2v) is 14.3. The molecule has 3 aliphatic rings. The molecule has 0 saturated heterocycles. The summed E-state index contributed by atoms with van der Waals surface area (Å²) in [7, 11) is 1.91. The second kappa shape index (κ2) is 14.2. The van der Waals surface area contributed by atoms with Crippen molar-refractivity contribution in [3.8, 4) is 5.75 Å². The number of nitrogens with zero attached hydrogens (tertiary/aromatic N) is 1. The summed E-state index contributed by atoms with van der Waals surface area (Å²) in [4.78, 5) is 2.06. The SMILES string of the molecule is CN(CCCCCCCC(F)(F)C(F)(F)C(F)(F)F)CCCC(F)C[C@@H]1Cc2cc(O)ccc2[C@H]2CC[C@]3(C)[C@@H](O)CC[C@H]3[C@H]12. The molecule has 11 heteroatoms. The van der Waals surface area contributed by atoms with E-state index >= 15 is 4.39 Å². The summed E-state index contributed by atoms with van der Waals surface area (Å²) >= 11 is 0. The highest BCUT2D eigenvalue weighted by atomic mass is 19.4. The van der Waals surface area contributed by atoms with E-state index in [9.17, 15) is 40.9 Å². The Hall–Kier alpha value is -1.62. The number of aromatic hydroxyl groups is 1. The van der Waals surface area contributed by atoms with E-state index < -0.39 is 37.0 Å². The van der Waals surface area contributed by atoms with Crippen molar-refractivity contribution in [2.45, 2.75) is 133 Å². The molecule has 2 fully saturated rings. The van der Waals surface area contributed by atoms with Gasteiger partial charge in [0.15, 0.2) is 0 Å². The van der Waals surface area contributed by atoms with E-state index in [-0.39, 0.29) is 29.6 Å². The lowest BCUT2D eigenvalue weighted by Crippen LogP contribution is -2.51. The number of hydrogen-bond acceptors (Lipinski definition) is 3. The van der Waals surface area contributed by atoms with Gasteiger partial charge in [-0.05, 0) is 137 Å². The first-order valence-electron chi connectivity index (χ1n) is 16.6. The third-order valence-electron chi connectivity index (χ3n) is 11.3. The molecule has 3 nitrogen and oxygen atoms in total. The first-order valence-corrected chi connectivity index (χ1v) is 16.6. The first kappa shape index (κ1) is 36.2. The van der Waals surface area contributed by atoms with Gasteiger partial charge in [0.25, 0.3) is 0 Å². The van der Waals surface area contributed by atoms with E-state index in [0.29, 0.717) is 69.4 Å². The summed E-state index contributed by atoms with van der Waals surface area (Å²) < 4.78 is 105. The normalized spacial score (nSPS) is 29.4. The van der Waals surface area contributed by atoms with E-state index in [1.165, 1.54) is 5.56 Å². The molecule has 1 unspecified atom stereocenters. The molecule has 2 saturated carbocycles. The van der Waals surface area contributed by atoms with Crippen molar-refractivity contribution in [1.29, 1.82) is 0 Å². The summed E-state index contributed by atoms with van der Waals surface area (Å²) in [6, 6.07) is 5.61. The zero-order chi connectivity index (χ0) is 33.2. The molecule has 1 aromatic carbocycles. The predicted molar refractivity (Wildman–Crippen MR) is 157 cm³/mol. The number of fused-ring (bicyclic) bond motifs is 5. The van der Waals surface area contributed by atoms with Crippen molar-refractivity contribution in [3.63, 3.8) is 0 Å². The largest absolute Gasteiger partial charge is 0.508 e. The van der Waals surface area contributed by atoms with Crippen LogP contribution in [0.25, 0.3) is 0 Å². The molecule has 0 spiro atoms. The van der Waals surface area contributed by atoms with Crippen molar-refractivity contribution in [2.75, 3.05) is 20.1 Å². The number of halogens is 8. The smallest absolute Gasteiger partial charge is 0.459 e. The predicted octanol–water partition coefficient (Wildman–Crippen LogP) is 9.45. The topological polar surface area (TPSA) is 43.7 Å². The maximum atomic E-state index is 15.5. The molecule has 45 heavy (non-hydrogen) atoms. The molecule has 3 aliphatic carbocycles. The Labute approximate surface area is 261 Å². The van der Waals surface area contributed by atoms with Crippen LogP contribution in [0.2, 0.25) is 0 Å². The Balaban J connectivity index is 1.18. The summed E-state index contributed by atoms with van der Waals surface area (Å²) in [5, 5.41) is 21.0. The van der Waals surface area contributed by atoms with Crippen LogP contribution in [0.4, 0.5) is 35.1 Å². The lowest BCUT2D eigenvalue weighted by Gasteiger charge is -2.53. The number of hydrogen-bond donors (Lipinski definition) is 2. The zero-order valence-corrected chi connectivity index (χ0v) is 26.4. The highest BCUT2D eigenvalue weighted by molar-refractivity contribution is 5.40. The quantitative estimate of drug-likeness (QED) is 0.146. The van der Waals surface area contributed by atoms with Crippen molar-refractivity contribution >= 4 is 0 Å². The molecule has 258 valence electrons. The van der Waals surface area contributed by atoms with E-state index in [2.05, 4.69) is 11.8 Å². The number of alkyl halides is 8. The number of phenolic OH excluding ortho intramolecular Hbond substituents is 1. The monoisotopic (exact) mass is 655 g/mol. The number of phenols is 1. The van der Waals surface area contributed by atoms with Gasteiger partial charge in [-0.1, -0.05) is 32.3 Å².